The third-order valence-electron chi connectivity index (χ3n) is 1.86. The molecule has 0 amide bonds. The Hall–Kier alpha value is -0.310. The van der Waals surface area contributed by atoms with Gasteiger partial charge in [-0.1, -0.05) is 11.6 Å². The summed E-state index contributed by atoms with van der Waals surface area (Å²) in [5.41, 5.74) is 1.53. The molecule has 1 N–H and O–H groups in total. The molecule has 1 nitrogen and oxygen atoms in total. The molecule has 0 aliphatic carbocycles. The molecule has 1 aromatic heterocycles. The molecule has 1 fully saturated rings. The van der Waals surface area contributed by atoms with Crippen molar-refractivity contribution in [2.75, 3.05) is 13.1 Å². The van der Waals surface area contributed by atoms with Gasteiger partial charge in [-0.15, -0.1) is 23.7 Å². The van der Waals surface area contributed by atoms with Crippen molar-refractivity contribution in [2.24, 2.45) is 0 Å². The van der Waals surface area contributed by atoms with Crippen molar-refractivity contribution in [3.05, 3.63) is 28.0 Å². The van der Waals surface area contributed by atoms with Gasteiger partial charge in [0.15, 0.2) is 0 Å². The molecule has 2 heterocycles. The molecule has 0 atom stereocenters. The fourth-order valence-corrected chi connectivity index (χ4v) is 1.99. The van der Waals surface area contributed by atoms with Gasteiger partial charge in [-0.05, 0) is 30.5 Å². The van der Waals surface area contributed by atoms with Crippen LogP contribution >= 0.6 is 23.7 Å². The van der Waals surface area contributed by atoms with Gasteiger partial charge in [0.05, 0.1) is 0 Å². The molecule has 2 rings (SSSR count). The van der Waals surface area contributed by atoms with E-state index in [9.17, 15) is 0 Å². The summed E-state index contributed by atoms with van der Waals surface area (Å²) in [5, 5.41) is 5.44. The maximum absolute atomic E-state index is 3.32. The van der Waals surface area contributed by atoms with Crippen LogP contribution < -0.4 is 5.32 Å². The predicted octanol–water partition coefficient (Wildman–Crippen LogP) is 2.55. The van der Waals surface area contributed by atoms with Crippen molar-refractivity contribution in [3.8, 4) is 0 Å². The zero-order chi connectivity index (χ0) is 7.52. The quantitative estimate of drug-likeness (QED) is 0.737. The van der Waals surface area contributed by atoms with E-state index in [-0.39, 0.29) is 12.4 Å². The smallest absolute Gasteiger partial charge is 0.0270 e. The summed E-state index contributed by atoms with van der Waals surface area (Å²) >= 11 is 1.81. The zero-order valence-electron chi connectivity index (χ0n) is 6.75. The Morgan fingerprint density at radius 2 is 2.42 bits per heavy atom. The van der Waals surface area contributed by atoms with Crippen LogP contribution in [0.2, 0.25) is 0 Å². The van der Waals surface area contributed by atoms with E-state index < -0.39 is 0 Å². The van der Waals surface area contributed by atoms with E-state index in [0.29, 0.717) is 0 Å². The molecule has 1 aromatic rings. The Kier molecular flexibility index (Phi) is 3.79. The third-order valence-corrected chi connectivity index (χ3v) is 2.68. The first-order valence-electron chi connectivity index (χ1n) is 3.89. The number of thiophene rings is 1. The van der Waals surface area contributed by atoms with Crippen LogP contribution in [0.25, 0.3) is 6.08 Å². The van der Waals surface area contributed by atoms with Crippen molar-refractivity contribution >= 4 is 29.8 Å². The summed E-state index contributed by atoms with van der Waals surface area (Å²) < 4.78 is 0. The number of rotatable bonds is 1. The number of nitrogens with one attached hydrogen (secondary N) is 1. The predicted molar refractivity (Wildman–Crippen MR) is 57.0 cm³/mol. The molecule has 0 aromatic carbocycles. The van der Waals surface area contributed by atoms with Crippen molar-refractivity contribution in [1.29, 1.82) is 0 Å². The van der Waals surface area contributed by atoms with Gasteiger partial charge in [0.2, 0.25) is 0 Å². The lowest BCUT2D eigenvalue weighted by Crippen LogP contribution is -2.04. The maximum Gasteiger partial charge on any atom is 0.0270 e. The first-order valence-corrected chi connectivity index (χ1v) is 4.77. The van der Waals surface area contributed by atoms with E-state index in [4.69, 9.17) is 0 Å². The Labute approximate surface area is 82.9 Å². The lowest BCUT2D eigenvalue weighted by atomic mass is 10.2. The van der Waals surface area contributed by atoms with E-state index in [0.717, 1.165) is 13.1 Å². The van der Waals surface area contributed by atoms with Gasteiger partial charge in [0.1, 0.15) is 0 Å². The summed E-state index contributed by atoms with van der Waals surface area (Å²) in [6.07, 6.45) is 3.52. The van der Waals surface area contributed by atoms with Gasteiger partial charge in [-0.2, -0.15) is 0 Å². The summed E-state index contributed by atoms with van der Waals surface area (Å²) in [5.74, 6) is 0. The standard InChI is InChI=1S/C9H11NS.ClH/c1-2-9(11-5-1)6-8-3-4-10-7-8;/h1-2,5-6,10H,3-4,7H2;1H. The summed E-state index contributed by atoms with van der Waals surface area (Å²) in [7, 11) is 0. The maximum atomic E-state index is 3.32. The van der Waals surface area contributed by atoms with Gasteiger partial charge in [-0.25, -0.2) is 0 Å². The van der Waals surface area contributed by atoms with Crippen LogP contribution in [0.4, 0.5) is 0 Å². The van der Waals surface area contributed by atoms with Crippen LogP contribution in [-0.4, -0.2) is 13.1 Å². The Morgan fingerprint density at radius 3 is 3.00 bits per heavy atom. The van der Waals surface area contributed by atoms with Gasteiger partial charge in [0, 0.05) is 11.4 Å². The second-order valence-electron chi connectivity index (χ2n) is 2.74. The van der Waals surface area contributed by atoms with Crippen LogP contribution in [0.1, 0.15) is 11.3 Å². The largest absolute Gasteiger partial charge is 0.313 e. The molecule has 1 saturated heterocycles. The first-order chi connectivity index (χ1) is 5.45. The van der Waals surface area contributed by atoms with Crippen molar-refractivity contribution < 1.29 is 0 Å². The Morgan fingerprint density at radius 1 is 1.50 bits per heavy atom. The fraction of sp³-hybridized carbons (Fsp3) is 0.333. The highest BCUT2D eigenvalue weighted by atomic mass is 35.5. The SMILES string of the molecule is C(=C1CCNC1)c1cccs1.Cl. The van der Waals surface area contributed by atoms with Gasteiger partial charge in [0.25, 0.3) is 0 Å². The highest BCUT2D eigenvalue weighted by molar-refractivity contribution is 7.10. The number of halogens is 1. The van der Waals surface area contributed by atoms with Crippen LogP contribution in [0.3, 0.4) is 0 Å². The fourth-order valence-electron chi connectivity index (χ4n) is 1.28. The molecule has 66 valence electrons. The topological polar surface area (TPSA) is 12.0 Å². The average molecular weight is 202 g/mol. The monoisotopic (exact) mass is 201 g/mol. The second kappa shape index (κ2) is 4.65. The molecule has 0 bridgehead atoms. The summed E-state index contributed by atoms with van der Waals surface area (Å²) in [6, 6.07) is 4.26. The minimum absolute atomic E-state index is 0. The summed E-state index contributed by atoms with van der Waals surface area (Å²) in [6.45, 7) is 2.23. The molecule has 0 spiro atoms. The molecule has 3 heteroatoms. The van der Waals surface area contributed by atoms with Crippen LogP contribution in [0.5, 0.6) is 0 Å². The molecule has 1 aliphatic heterocycles. The van der Waals surface area contributed by atoms with Gasteiger partial charge < -0.3 is 5.32 Å². The normalized spacial score (nSPS) is 19.5. The molecule has 12 heavy (non-hydrogen) atoms. The minimum atomic E-state index is 0. The zero-order valence-corrected chi connectivity index (χ0v) is 8.38. The third kappa shape index (κ3) is 2.34. The van der Waals surface area contributed by atoms with E-state index in [1.165, 1.54) is 16.9 Å². The van der Waals surface area contributed by atoms with E-state index in [2.05, 4.69) is 28.9 Å². The van der Waals surface area contributed by atoms with Crippen molar-refractivity contribution in [1.82, 2.24) is 5.32 Å². The van der Waals surface area contributed by atoms with Crippen LogP contribution in [0.15, 0.2) is 23.1 Å². The first kappa shape index (κ1) is 9.78. The lowest BCUT2D eigenvalue weighted by molar-refractivity contribution is 0.862. The molecule has 0 radical (unpaired) electrons. The van der Waals surface area contributed by atoms with Gasteiger partial charge >= 0.3 is 0 Å². The molecule has 0 unspecified atom stereocenters. The van der Waals surface area contributed by atoms with E-state index in [1.807, 2.05) is 0 Å². The van der Waals surface area contributed by atoms with Crippen LogP contribution in [0, 0.1) is 0 Å². The molecular weight excluding hydrogens is 190 g/mol. The van der Waals surface area contributed by atoms with Crippen molar-refractivity contribution in [3.63, 3.8) is 0 Å². The minimum Gasteiger partial charge on any atom is -0.313 e. The van der Waals surface area contributed by atoms with E-state index >= 15 is 0 Å². The highest BCUT2D eigenvalue weighted by Gasteiger charge is 2.04. The lowest BCUT2D eigenvalue weighted by Gasteiger charge is -1.90. The Bertz CT molecular complexity index is 246. The van der Waals surface area contributed by atoms with Crippen molar-refractivity contribution in [2.45, 2.75) is 6.42 Å². The van der Waals surface area contributed by atoms with E-state index in [1.54, 1.807) is 11.3 Å². The molecule has 0 saturated carbocycles. The second-order valence-corrected chi connectivity index (χ2v) is 3.72. The summed E-state index contributed by atoms with van der Waals surface area (Å²) in [4.78, 5) is 1.38. The molecule has 1 aliphatic rings. The molecular formula is C9H12ClNS. The average Bonchev–Trinajstić information content (AvgIpc) is 2.60. The Balaban J connectivity index is 0.000000720. The highest BCUT2D eigenvalue weighted by Crippen LogP contribution is 2.16. The number of hydrogen-bond acceptors (Lipinski definition) is 2. The van der Waals surface area contributed by atoms with Gasteiger partial charge in [-0.3, -0.25) is 0 Å². The van der Waals surface area contributed by atoms with Crippen LogP contribution in [-0.2, 0) is 0 Å². The number of hydrogen-bond donors (Lipinski definition) is 1.